The summed E-state index contributed by atoms with van der Waals surface area (Å²) in [5.74, 6) is 0.829. The molecule has 0 atom stereocenters. The predicted octanol–water partition coefficient (Wildman–Crippen LogP) is 5.33. The Morgan fingerprint density at radius 3 is 2.65 bits per heavy atom. The van der Waals surface area contributed by atoms with Crippen LogP contribution in [0.4, 0.5) is 0 Å². The molecule has 0 N–H and O–H groups in total. The number of pyridine rings is 2. The van der Waals surface area contributed by atoms with Gasteiger partial charge in [-0.25, -0.2) is 9.50 Å². The fourth-order valence-electron chi connectivity index (χ4n) is 4.35. The topological polar surface area (TPSA) is 65.2 Å². The van der Waals surface area contributed by atoms with Crippen molar-refractivity contribution in [2.45, 2.75) is 31.8 Å². The molecule has 0 aliphatic heterocycles. The molecule has 6 heteroatoms. The van der Waals surface area contributed by atoms with Crippen LogP contribution in [0.5, 0.6) is 5.75 Å². The Labute approximate surface area is 179 Å². The zero-order chi connectivity index (χ0) is 20.6. The maximum absolute atomic E-state index is 6.02. The highest BCUT2D eigenvalue weighted by molar-refractivity contribution is 5.97. The second-order valence-corrected chi connectivity index (χ2v) is 7.95. The van der Waals surface area contributed by atoms with Crippen molar-refractivity contribution in [2.75, 3.05) is 0 Å². The van der Waals surface area contributed by atoms with E-state index in [1.165, 1.54) is 12.8 Å². The van der Waals surface area contributed by atoms with Gasteiger partial charge in [-0.1, -0.05) is 18.2 Å². The number of rotatable bonds is 4. The fourth-order valence-corrected chi connectivity index (χ4v) is 4.35. The molecule has 0 radical (unpaired) electrons. The van der Waals surface area contributed by atoms with Crippen LogP contribution in [-0.2, 0) is 0 Å². The summed E-state index contributed by atoms with van der Waals surface area (Å²) in [5.41, 5.74) is 5.58. The SMILES string of the molecule is c1cc(-c2cnn3cc(-c4ccc(OC5CCCC5)cn4)cnc23)c2cccnc2c1. The number of hydrogen-bond acceptors (Lipinski definition) is 5. The molecule has 0 amide bonds. The van der Waals surface area contributed by atoms with Gasteiger partial charge >= 0.3 is 0 Å². The lowest BCUT2D eigenvalue weighted by Gasteiger charge is -2.12. The number of aromatic nitrogens is 5. The minimum absolute atomic E-state index is 0.331. The van der Waals surface area contributed by atoms with Crippen molar-refractivity contribution < 1.29 is 4.74 Å². The lowest BCUT2D eigenvalue weighted by molar-refractivity contribution is 0.209. The molecule has 6 rings (SSSR count). The standard InChI is InChI=1S/C25H21N5O/c1-2-6-18(5-1)31-19-10-11-23(27-14-19)17-13-28-25-22(15-29-30(25)16-17)20-7-3-9-24-21(20)8-4-12-26-24/h3-4,7-16,18H,1-2,5-6H2. The van der Waals surface area contributed by atoms with Gasteiger partial charge in [-0.15, -0.1) is 0 Å². The first-order valence-corrected chi connectivity index (χ1v) is 10.7. The molecule has 31 heavy (non-hydrogen) atoms. The number of ether oxygens (including phenoxy) is 1. The number of fused-ring (bicyclic) bond motifs is 2. The lowest BCUT2D eigenvalue weighted by atomic mass is 10.0. The van der Waals surface area contributed by atoms with Crippen molar-refractivity contribution in [1.29, 1.82) is 0 Å². The van der Waals surface area contributed by atoms with Crippen LogP contribution in [-0.4, -0.2) is 30.7 Å². The van der Waals surface area contributed by atoms with Gasteiger partial charge in [0, 0.05) is 35.1 Å². The maximum Gasteiger partial charge on any atom is 0.162 e. The van der Waals surface area contributed by atoms with Crippen LogP contribution in [0.3, 0.4) is 0 Å². The molecule has 6 nitrogen and oxygen atoms in total. The number of benzene rings is 1. The number of hydrogen-bond donors (Lipinski definition) is 0. The van der Waals surface area contributed by atoms with Crippen molar-refractivity contribution in [2.24, 2.45) is 0 Å². The molecule has 4 aromatic heterocycles. The molecule has 1 aliphatic rings. The van der Waals surface area contributed by atoms with Crippen LogP contribution < -0.4 is 4.74 Å². The minimum atomic E-state index is 0.331. The third-order valence-electron chi connectivity index (χ3n) is 5.93. The van der Waals surface area contributed by atoms with Gasteiger partial charge in [-0.05, 0) is 55.5 Å². The molecule has 4 heterocycles. The Balaban J connectivity index is 1.33. The van der Waals surface area contributed by atoms with Crippen LogP contribution in [0.25, 0.3) is 38.9 Å². The lowest BCUT2D eigenvalue weighted by Crippen LogP contribution is -2.10. The van der Waals surface area contributed by atoms with Gasteiger partial charge in [0.2, 0.25) is 0 Å². The molecule has 5 aromatic rings. The molecular weight excluding hydrogens is 386 g/mol. The highest BCUT2D eigenvalue weighted by Gasteiger charge is 2.17. The average Bonchev–Trinajstić information content (AvgIpc) is 3.49. The predicted molar refractivity (Wildman–Crippen MR) is 120 cm³/mol. The third-order valence-corrected chi connectivity index (χ3v) is 5.93. The van der Waals surface area contributed by atoms with Gasteiger partial charge in [-0.3, -0.25) is 9.97 Å². The summed E-state index contributed by atoms with van der Waals surface area (Å²) in [7, 11) is 0. The molecule has 1 aromatic carbocycles. The first-order valence-electron chi connectivity index (χ1n) is 10.7. The van der Waals surface area contributed by atoms with Gasteiger partial charge in [-0.2, -0.15) is 5.10 Å². The normalized spacial score (nSPS) is 14.5. The van der Waals surface area contributed by atoms with Gasteiger partial charge in [0.05, 0.1) is 29.7 Å². The van der Waals surface area contributed by atoms with Crippen LogP contribution in [0.1, 0.15) is 25.7 Å². The summed E-state index contributed by atoms with van der Waals surface area (Å²) in [6.07, 6.45) is 14.4. The molecular formula is C25H21N5O. The van der Waals surface area contributed by atoms with E-state index in [0.29, 0.717) is 6.10 Å². The fraction of sp³-hybridized carbons (Fsp3) is 0.200. The molecule has 1 fully saturated rings. The van der Waals surface area contributed by atoms with Gasteiger partial charge in [0.1, 0.15) is 5.75 Å². The Bertz CT molecular complexity index is 1360. The van der Waals surface area contributed by atoms with Crippen LogP contribution in [0.15, 0.2) is 73.4 Å². The molecule has 0 bridgehead atoms. The highest BCUT2D eigenvalue weighted by atomic mass is 16.5. The summed E-state index contributed by atoms with van der Waals surface area (Å²) in [6, 6.07) is 14.1. The summed E-state index contributed by atoms with van der Waals surface area (Å²) in [4.78, 5) is 13.8. The third kappa shape index (κ3) is 3.30. The van der Waals surface area contributed by atoms with E-state index in [2.05, 4.69) is 27.2 Å². The van der Waals surface area contributed by atoms with Crippen molar-refractivity contribution in [3.63, 3.8) is 0 Å². The van der Waals surface area contributed by atoms with Gasteiger partial charge in [0.15, 0.2) is 5.65 Å². The van der Waals surface area contributed by atoms with E-state index in [1.54, 1.807) is 6.20 Å². The second kappa shape index (κ2) is 7.47. The Kier molecular flexibility index (Phi) is 4.34. The van der Waals surface area contributed by atoms with E-state index < -0.39 is 0 Å². The molecule has 0 unspecified atom stereocenters. The highest BCUT2D eigenvalue weighted by Crippen LogP contribution is 2.31. The van der Waals surface area contributed by atoms with E-state index in [4.69, 9.17) is 9.72 Å². The Hall–Kier alpha value is -3.80. The first kappa shape index (κ1) is 18.0. The van der Waals surface area contributed by atoms with E-state index in [9.17, 15) is 0 Å². The zero-order valence-electron chi connectivity index (χ0n) is 17.0. The molecule has 1 aliphatic carbocycles. The summed E-state index contributed by atoms with van der Waals surface area (Å²) >= 11 is 0. The van der Waals surface area contributed by atoms with E-state index >= 15 is 0 Å². The largest absolute Gasteiger partial charge is 0.489 e. The molecule has 0 saturated heterocycles. The Morgan fingerprint density at radius 2 is 1.77 bits per heavy atom. The number of nitrogens with zero attached hydrogens (tertiary/aromatic N) is 5. The first-order chi connectivity index (χ1) is 15.3. The second-order valence-electron chi connectivity index (χ2n) is 7.95. The van der Waals surface area contributed by atoms with Crippen molar-refractivity contribution in [3.8, 4) is 28.1 Å². The zero-order valence-corrected chi connectivity index (χ0v) is 17.0. The van der Waals surface area contributed by atoms with Crippen molar-refractivity contribution in [1.82, 2.24) is 24.6 Å². The van der Waals surface area contributed by atoms with E-state index in [-0.39, 0.29) is 0 Å². The van der Waals surface area contributed by atoms with Crippen molar-refractivity contribution >= 4 is 16.6 Å². The smallest absolute Gasteiger partial charge is 0.162 e. The Morgan fingerprint density at radius 1 is 0.839 bits per heavy atom. The summed E-state index contributed by atoms with van der Waals surface area (Å²) in [6.45, 7) is 0. The van der Waals surface area contributed by atoms with Crippen molar-refractivity contribution in [3.05, 3.63) is 73.4 Å². The van der Waals surface area contributed by atoms with Crippen LogP contribution in [0.2, 0.25) is 0 Å². The quantitative estimate of drug-likeness (QED) is 0.403. The molecule has 1 saturated carbocycles. The average molecular weight is 407 g/mol. The maximum atomic E-state index is 6.02. The molecule has 152 valence electrons. The van der Waals surface area contributed by atoms with Gasteiger partial charge in [0.25, 0.3) is 0 Å². The van der Waals surface area contributed by atoms with E-state index in [1.807, 2.05) is 59.6 Å². The van der Waals surface area contributed by atoms with Gasteiger partial charge < -0.3 is 4.74 Å². The monoisotopic (exact) mass is 407 g/mol. The van der Waals surface area contributed by atoms with Crippen LogP contribution >= 0.6 is 0 Å². The minimum Gasteiger partial charge on any atom is -0.489 e. The summed E-state index contributed by atoms with van der Waals surface area (Å²) in [5, 5.41) is 5.64. The molecule has 0 spiro atoms. The van der Waals surface area contributed by atoms with E-state index in [0.717, 1.165) is 57.5 Å². The van der Waals surface area contributed by atoms with Crippen LogP contribution in [0, 0.1) is 0 Å². The summed E-state index contributed by atoms with van der Waals surface area (Å²) < 4.78 is 7.83.